The highest BCUT2D eigenvalue weighted by Gasteiger charge is 2.37. The number of hydrogen-bond acceptors (Lipinski definition) is 5. The smallest absolute Gasteiger partial charge is 0.255 e. The van der Waals surface area contributed by atoms with Crippen molar-refractivity contribution in [1.82, 2.24) is 10.2 Å². The third-order valence-corrected chi connectivity index (χ3v) is 5.17. The van der Waals surface area contributed by atoms with Gasteiger partial charge in [-0.2, -0.15) is 0 Å². The third-order valence-electron chi connectivity index (χ3n) is 5.17. The zero-order chi connectivity index (χ0) is 21.7. The average molecular weight is 413 g/mol. The second kappa shape index (κ2) is 9.39. The molecule has 0 saturated carbocycles. The summed E-state index contributed by atoms with van der Waals surface area (Å²) in [5, 5.41) is 5.34. The Morgan fingerprint density at radius 1 is 1.27 bits per heavy atom. The molecule has 7 nitrogen and oxygen atoms in total. The fourth-order valence-electron chi connectivity index (χ4n) is 3.57. The van der Waals surface area contributed by atoms with Crippen LogP contribution in [0.4, 0.5) is 10.1 Å². The number of benzene rings is 2. The second-order valence-electron chi connectivity index (χ2n) is 6.91. The van der Waals surface area contributed by atoms with Gasteiger partial charge in [-0.3, -0.25) is 9.59 Å². The number of anilines is 1. The molecule has 1 heterocycles. The van der Waals surface area contributed by atoms with Gasteiger partial charge in [0.2, 0.25) is 5.91 Å². The van der Waals surface area contributed by atoms with Gasteiger partial charge in [0, 0.05) is 37.2 Å². The molecule has 0 aliphatic carbocycles. The topological polar surface area (TPSA) is 87.7 Å². The molecule has 2 aromatic rings. The minimum atomic E-state index is -0.752. The SMILES string of the molecule is CNC(=O)C(CCC=O)N1Cc2c(OCc3cccc(NC)c3F)cccc2C1=O. The Balaban J connectivity index is 1.83. The first kappa shape index (κ1) is 21.3. The van der Waals surface area contributed by atoms with Gasteiger partial charge in [-0.1, -0.05) is 18.2 Å². The van der Waals surface area contributed by atoms with E-state index >= 15 is 0 Å². The standard InChI is InChI=1S/C22H24FN3O4/c1-24-17-8-3-6-14(20(17)23)13-30-19-10-4-7-15-16(19)12-26(22(15)29)18(9-5-11-27)21(28)25-2/h3-4,6-8,10-11,18,24H,5,9,12-13H2,1-2H3,(H,25,28). The van der Waals surface area contributed by atoms with Crippen molar-refractivity contribution in [3.8, 4) is 5.75 Å². The maximum absolute atomic E-state index is 14.4. The molecule has 1 atom stereocenters. The Labute approximate surface area is 174 Å². The molecule has 0 radical (unpaired) electrons. The lowest BCUT2D eigenvalue weighted by Crippen LogP contribution is -2.46. The normalized spacial score (nSPS) is 13.6. The van der Waals surface area contributed by atoms with Crippen LogP contribution in [0.15, 0.2) is 36.4 Å². The number of carbonyl (C=O) groups is 3. The van der Waals surface area contributed by atoms with Crippen molar-refractivity contribution >= 4 is 23.8 Å². The van der Waals surface area contributed by atoms with Crippen molar-refractivity contribution in [2.75, 3.05) is 19.4 Å². The number of rotatable bonds is 9. The summed E-state index contributed by atoms with van der Waals surface area (Å²) in [5.41, 5.74) is 1.85. The second-order valence-corrected chi connectivity index (χ2v) is 6.91. The van der Waals surface area contributed by atoms with E-state index in [0.29, 0.717) is 28.1 Å². The van der Waals surface area contributed by atoms with Gasteiger partial charge in [-0.25, -0.2) is 4.39 Å². The zero-order valence-electron chi connectivity index (χ0n) is 16.9. The molecule has 1 unspecified atom stereocenters. The van der Waals surface area contributed by atoms with Gasteiger partial charge in [0.15, 0.2) is 5.82 Å². The van der Waals surface area contributed by atoms with Crippen molar-refractivity contribution in [3.05, 3.63) is 58.9 Å². The quantitative estimate of drug-likeness (QED) is 0.617. The Kier molecular flexibility index (Phi) is 6.66. The number of likely N-dealkylation sites (N-methyl/N-ethyl adjacent to an activating group) is 1. The molecule has 2 amide bonds. The molecule has 2 aromatic carbocycles. The van der Waals surface area contributed by atoms with Gasteiger partial charge >= 0.3 is 0 Å². The highest BCUT2D eigenvalue weighted by Crippen LogP contribution is 2.33. The molecule has 8 heteroatoms. The fraction of sp³-hybridized carbons (Fsp3) is 0.318. The number of nitrogens with zero attached hydrogens (tertiary/aromatic N) is 1. The lowest BCUT2D eigenvalue weighted by atomic mass is 10.1. The molecule has 0 bridgehead atoms. The van der Waals surface area contributed by atoms with E-state index in [1.165, 1.54) is 11.9 Å². The van der Waals surface area contributed by atoms with Crippen LogP contribution in [0.5, 0.6) is 5.75 Å². The summed E-state index contributed by atoms with van der Waals surface area (Å²) in [6.45, 7) is 0.177. The number of amides is 2. The van der Waals surface area contributed by atoms with Crippen LogP contribution < -0.4 is 15.4 Å². The Bertz CT molecular complexity index is 963. The van der Waals surface area contributed by atoms with Crippen LogP contribution in [0.2, 0.25) is 0 Å². The van der Waals surface area contributed by atoms with Crippen molar-refractivity contribution in [3.63, 3.8) is 0 Å². The Hall–Kier alpha value is -3.42. The van der Waals surface area contributed by atoms with Crippen LogP contribution in [-0.4, -0.2) is 43.1 Å². The monoisotopic (exact) mass is 413 g/mol. The molecular formula is C22H24FN3O4. The Morgan fingerprint density at radius 3 is 2.73 bits per heavy atom. The molecular weight excluding hydrogens is 389 g/mol. The van der Waals surface area contributed by atoms with E-state index in [1.54, 1.807) is 43.4 Å². The summed E-state index contributed by atoms with van der Waals surface area (Å²) in [6, 6.07) is 9.33. The van der Waals surface area contributed by atoms with Crippen LogP contribution in [-0.2, 0) is 22.7 Å². The van der Waals surface area contributed by atoms with Gasteiger partial charge in [0.25, 0.3) is 5.91 Å². The minimum absolute atomic E-state index is 0.00395. The summed E-state index contributed by atoms with van der Waals surface area (Å²) in [5.74, 6) is -0.549. The summed E-state index contributed by atoms with van der Waals surface area (Å²) >= 11 is 0. The maximum Gasteiger partial charge on any atom is 0.255 e. The molecule has 0 spiro atoms. The Morgan fingerprint density at radius 2 is 2.03 bits per heavy atom. The number of halogens is 1. The molecule has 1 aliphatic heterocycles. The first-order chi connectivity index (χ1) is 14.5. The number of nitrogens with one attached hydrogen (secondary N) is 2. The zero-order valence-corrected chi connectivity index (χ0v) is 16.9. The largest absolute Gasteiger partial charge is 0.488 e. The lowest BCUT2D eigenvalue weighted by Gasteiger charge is -2.25. The van der Waals surface area contributed by atoms with Gasteiger partial charge < -0.3 is 25.1 Å². The molecule has 158 valence electrons. The maximum atomic E-state index is 14.4. The van der Waals surface area contributed by atoms with Crippen LogP contribution in [0, 0.1) is 5.82 Å². The van der Waals surface area contributed by atoms with E-state index < -0.39 is 6.04 Å². The van der Waals surface area contributed by atoms with Crippen LogP contribution in [0.25, 0.3) is 0 Å². The minimum Gasteiger partial charge on any atom is -0.488 e. The van der Waals surface area contributed by atoms with Crippen molar-refractivity contribution < 1.29 is 23.5 Å². The number of hydrogen-bond donors (Lipinski definition) is 2. The van der Waals surface area contributed by atoms with Gasteiger partial charge in [-0.05, 0) is 24.6 Å². The highest BCUT2D eigenvalue weighted by molar-refractivity contribution is 6.01. The molecule has 30 heavy (non-hydrogen) atoms. The van der Waals surface area contributed by atoms with Gasteiger partial charge in [-0.15, -0.1) is 0 Å². The van der Waals surface area contributed by atoms with E-state index in [0.717, 1.165) is 6.29 Å². The number of aldehydes is 1. The van der Waals surface area contributed by atoms with E-state index in [1.807, 2.05) is 0 Å². The van der Waals surface area contributed by atoms with E-state index in [-0.39, 0.29) is 43.6 Å². The van der Waals surface area contributed by atoms with Crippen molar-refractivity contribution in [2.45, 2.75) is 32.0 Å². The number of ether oxygens (including phenoxy) is 1. The highest BCUT2D eigenvalue weighted by atomic mass is 19.1. The van der Waals surface area contributed by atoms with Crippen LogP contribution in [0.3, 0.4) is 0 Å². The molecule has 0 aromatic heterocycles. The van der Waals surface area contributed by atoms with Crippen molar-refractivity contribution in [1.29, 1.82) is 0 Å². The lowest BCUT2D eigenvalue weighted by molar-refractivity contribution is -0.125. The first-order valence-electron chi connectivity index (χ1n) is 9.67. The fourth-order valence-corrected chi connectivity index (χ4v) is 3.57. The van der Waals surface area contributed by atoms with Gasteiger partial charge in [0.05, 0.1) is 12.2 Å². The summed E-state index contributed by atoms with van der Waals surface area (Å²) in [7, 11) is 3.13. The van der Waals surface area contributed by atoms with Crippen LogP contribution in [0.1, 0.15) is 34.3 Å². The molecule has 0 saturated heterocycles. The number of fused-ring (bicyclic) bond motifs is 1. The number of carbonyl (C=O) groups excluding carboxylic acids is 3. The van der Waals surface area contributed by atoms with E-state index in [9.17, 15) is 18.8 Å². The molecule has 2 N–H and O–H groups in total. The predicted molar refractivity (Wildman–Crippen MR) is 110 cm³/mol. The summed E-state index contributed by atoms with van der Waals surface area (Å²) in [4.78, 5) is 37.5. The molecule has 1 aliphatic rings. The first-order valence-corrected chi connectivity index (χ1v) is 9.67. The van der Waals surface area contributed by atoms with Crippen molar-refractivity contribution in [2.24, 2.45) is 0 Å². The van der Waals surface area contributed by atoms with Crippen LogP contribution >= 0.6 is 0 Å². The van der Waals surface area contributed by atoms with E-state index in [4.69, 9.17) is 4.74 Å². The predicted octanol–water partition coefficient (Wildman–Crippen LogP) is 2.50. The summed E-state index contributed by atoms with van der Waals surface area (Å²) in [6.07, 6.45) is 1.13. The molecule has 3 rings (SSSR count). The van der Waals surface area contributed by atoms with E-state index in [2.05, 4.69) is 10.6 Å². The third kappa shape index (κ3) is 4.12. The average Bonchev–Trinajstić information content (AvgIpc) is 3.10. The molecule has 0 fully saturated rings. The van der Waals surface area contributed by atoms with Gasteiger partial charge in [0.1, 0.15) is 24.7 Å². The summed E-state index contributed by atoms with van der Waals surface area (Å²) < 4.78 is 20.3.